The van der Waals surface area contributed by atoms with E-state index in [4.69, 9.17) is 8.83 Å². The van der Waals surface area contributed by atoms with Gasteiger partial charge in [0.05, 0.1) is 5.41 Å². The highest BCUT2D eigenvalue weighted by Gasteiger charge is 2.46. The molecule has 2 heteroatoms. The zero-order valence-corrected chi connectivity index (χ0v) is 35.3. The molecule has 302 valence electrons. The van der Waals surface area contributed by atoms with Crippen LogP contribution in [0, 0.1) is 0 Å². The maximum absolute atomic E-state index is 6.31. The van der Waals surface area contributed by atoms with Crippen molar-refractivity contribution in [3.63, 3.8) is 0 Å². The van der Waals surface area contributed by atoms with Crippen molar-refractivity contribution in [2.24, 2.45) is 0 Å². The molecule has 11 aromatic carbocycles. The summed E-state index contributed by atoms with van der Waals surface area (Å²) < 4.78 is 12.6. The molecule has 2 aromatic heterocycles. The maximum atomic E-state index is 6.31. The molecule has 0 aliphatic heterocycles. The molecule has 0 N–H and O–H groups in total. The molecule has 65 heavy (non-hydrogen) atoms. The molecule has 14 rings (SSSR count). The Morgan fingerprint density at radius 2 is 0.692 bits per heavy atom. The first kappa shape index (κ1) is 36.1. The fourth-order valence-corrected chi connectivity index (χ4v) is 11.4. The van der Waals surface area contributed by atoms with E-state index in [1.54, 1.807) is 0 Å². The van der Waals surface area contributed by atoms with Crippen molar-refractivity contribution in [3.05, 3.63) is 253 Å². The summed E-state index contributed by atoms with van der Waals surface area (Å²) in [5.41, 5.74) is 17.9. The van der Waals surface area contributed by atoms with E-state index < -0.39 is 5.41 Å². The number of hydrogen-bond acceptors (Lipinski definition) is 2. The van der Waals surface area contributed by atoms with Gasteiger partial charge in [-0.05, 0) is 137 Å². The first-order chi connectivity index (χ1) is 32.2. The number of hydrogen-bond donors (Lipinski definition) is 0. The van der Waals surface area contributed by atoms with Gasteiger partial charge in [0.15, 0.2) is 0 Å². The lowest BCUT2D eigenvalue weighted by Crippen LogP contribution is -2.28. The summed E-state index contributed by atoms with van der Waals surface area (Å²) in [5, 5.41) is 9.32. The van der Waals surface area contributed by atoms with E-state index in [0.29, 0.717) is 0 Å². The van der Waals surface area contributed by atoms with Crippen molar-refractivity contribution >= 4 is 65.4 Å². The maximum Gasteiger partial charge on any atom is 0.135 e. The highest BCUT2D eigenvalue weighted by molar-refractivity contribution is 6.20. The quantitative estimate of drug-likeness (QED) is 0.162. The fourth-order valence-electron chi connectivity index (χ4n) is 11.4. The summed E-state index contributed by atoms with van der Waals surface area (Å²) in [6.45, 7) is 0. The third-order valence-electron chi connectivity index (χ3n) is 14.2. The van der Waals surface area contributed by atoms with Gasteiger partial charge in [-0.25, -0.2) is 0 Å². The molecule has 0 amide bonds. The van der Waals surface area contributed by atoms with Crippen LogP contribution < -0.4 is 0 Å². The average Bonchev–Trinajstić information content (AvgIpc) is 4.03. The van der Waals surface area contributed by atoms with Crippen LogP contribution >= 0.6 is 0 Å². The standard InChI is InChI=1S/C63H38O2/c1-3-15-42(16-4-1)63(43-17-5-2-6-18-43)56-26-10-7-19-46(56)53-37-41(29-32-57(53)63)62-49-24-13-22-44(39-30-33-60-54(35-39)47-20-8-11-27-58(47)64-60)51(49)38-52-45(23-14-25-50(52)62)40-31-34-61-55(36-40)48-21-9-12-28-59(48)65-61/h1-38H. The Bertz CT molecular complexity index is 3850. The molecule has 0 bridgehead atoms. The summed E-state index contributed by atoms with van der Waals surface area (Å²) in [7, 11) is 0. The van der Waals surface area contributed by atoms with Gasteiger partial charge in [0.1, 0.15) is 22.3 Å². The molecule has 0 atom stereocenters. The smallest absolute Gasteiger partial charge is 0.135 e. The second kappa shape index (κ2) is 13.8. The summed E-state index contributed by atoms with van der Waals surface area (Å²) in [6.07, 6.45) is 0. The highest BCUT2D eigenvalue weighted by Crippen LogP contribution is 2.57. The van der Waals surface area contributed by atoms with Crippen LogP contribution in [0.3, 0.4) is 0 Å². The fraction of sp³-hybridized carbons (Fsp3) is 0.0159. The van der Waals surface area contributed by atoms with Crippen molar-refractivity contribution in [2.45, 2.75) is 5.41 Å². The lowest BCUT2D eigenvalue weighted by atomic mass is 9.67. The molecular formula is C63H38O2. The normalized spacial score (nSPS) is 13.0. The summed E-state index contributed by atoms with van der Waals surface area (Å²) in [4.78, 5) is 0. The van der Waals surface area contributed by atoms with Crippen LogP contribution in [0.2, 0.25) is 0 Å². The van der Waals surface area contributed by atoms with Gasteiger partial charge in [0.2, 0.25) is 0 Å². The minimum Gasteiger partial charge on any atom is -0.456 e. The van der Waals surface area contributed by atoms with Crippen LogP contribution in [-0.4, -0.2) is 0 Å². The van der Waals surface area contributed by atoms with E-state index in [1.807, 2.05) is 12.1 Å². The molecule has 13 aromatic rings. The Balaban J connectivity index is 1.06. The van der Waals surface area contributed by atoms with Crippen LogP contribution in [0.5, 0.6) is 0 Å². The van der Waals surface area contributed by atoms with Gasteiger partial charge in [-0.1, -0.05) is 182 Å². The zero-order chi connectivity index (χ0) is 42.6. The van der Waals surface area contributed by atoms with E-state index >= 15 is 0 Å². The van der Waals surface area contributed by atoms with Crippen molar-refractivity contribution in [1.29, 1.82) is 0 Å². The topological polar surface area (TPSA) is 26.3 Å². The number of rotatable bonds is 5. The van der Waals surface area contributed by atoms with Crippen molar-refractivity contribution < 1.29 is 8.83 Å². The lowest BCUT2D eigenvalue weighted by Gasteiger charge is -2.33. The minimum absolute atomic E-state index is 0.472. The average molecular weight is 827 g/mol. The Hall–Kier alpha value is -8.46. The molecule has 0 fully saturated rings. The number of para-hydroxylation sites is 2. The Morgan fingerprint density at radius 3 is 1.28 bits per heavy atom. The summed E-state index contributed by atoms with van der Waals surface area (Å²) in [5.74, 6) is 0. The van der Waals surface area contributed by atoms with Crippen LogP contribution in [0.15, 0.2) is 239 Å². The predicted molar refractivity (Wildman–Crippen MR) is 270 cm³/mol. The molecular weight excluding hydrogens is 789 g/mol. The lowest BCUT2D eigenvalue weighted by molar-refractivity contribution is 0.668. The van der Waals surface area contributed by atoms with Gasteiger partial charge in [0.25, 0.3) is 0 Å². The summed E-state index contributed by atoms with van der Waals surface area (Å²) >= 11 is 0. The highest BCUT2D eigenvalue weighted by atomic mass is 16.3. The Labute approximate surface area is 375 Å². The van der Waals surface area contributed by atoms with Gasteiger partial charge in [-0.2, -0.15) is 0 Å². The third-order valence-corrected chi connectivity index (χ3v) is 14.2. The molecule has 0 unspecified atom stereocenters. The van der Waals surface area contributed by atoms with Crippen molar-refractivity contribution in [3.8, 4) is 44.5 Å². The molecule has 0 saturated heterocycles. The zero-order valence-electron chi connectivity index (χ0n) is 35.3. The first-order valence-corrected chi connectivity index (χ1v) is 22.4. The molecule has 0 saturated carbocycles. The Kier molecular flexibility index (Phi) is 7.64. The van der Waals surface area contributed by atoms with E-state index in [-0.39, 0.29) is 0 Å². The van der Waals surface area contributed by atoms with E-state index in [0.717, 1.165) is 55.0 Å². The van der Waals surface area contributed by atoms with Gasteiger partial charge in [-0.15, -0.1) is 0 Å². The first-order valence-electron chi connectivity index (χ1n) is 22.4. The predicted octanol–water partition coefficient (Wildman–Crippen LogP) is 17.2. The molecule has 0 radical (unpaired) electrons. The van der Waals surface area contributed by atoms with Crippen LogP contribution in [0.25, 0.3) is 110 Å². The second-order valence-electron chi connectivity index (χ2n) is 17.5. The van der Waals surface area contributed by atoms with E-state index in [9.17, 15) is 0 Å². The van der Waals surface area contributed by atoms with Crippen molar-refractivity contribution in [2.75, 3.05) is 0 Å². The number of benzene rings is 11. The molecule has 1 aliphatic carbocycles. The van der Waals surface area contributed by atoms with Gasteiger partial charge >= 0.3 is 0 Å². The SMILES string of the molecule is c1ccc(C2(c3ccccc3)c3ccccc3-c3cc(-c4c5cccc(-c6ccc7oc8ccccc8c7c6)c5cc5c(-c6ccc7oc8ccccc8c7c6)cccc45)ccc32)cc1. The molecule has 1 aliphatic rings. The van der Waals surface area contributed by atoms with Crippen molar-refractivity contribution in [1.82, 2.24) is 0 Å². The molecule has 0 spiro atoms. The minimum atomic E-state index is -0.472. The van der Waals surface area contributed by atoms with Gasteiger partial charge in [0, 0.05) is 21.5 Å². The van der Waals surface area contributed by atoms with E-state index in [1.165, 1.54) is 77.2 Å². The number of furan rings is 2. The van der Waals surface area contributed by atoms with Crippen LogP contribution in [0.1, 0.15) is 22.3 Å². The monoisotopic (exact) mass is 826 g/mol. The second-order valence-corrected chi connectivity index (χ2v) is 17.5. The van der Waals surface area contributed by atoms with Crippen LogP contribution in [-0.2, 0) is 5.41 Å². The third kappa shape index (κ3) is 5.17. The summed E-state index contributed by atoms with van der Waals surface area (Å²) in [6, 6.07) is 84.4. The number of fused-ring (bicyclic) bond motifs is 11. The largest absolute Gasteiger partial charge is 0.456 e. The Morgan fingerprint density at radius 1 is 0.246 bits per heavy atom. The van der Waals surface area contributed by atoms with Crippen LogP contribution in [0.4, 0.5) is 0 Å². The molecule has 2 nitrogen and oxygen atoms in total. The van der Waals surface area contributed by atoms with Gasteiger partial charge < -0.3 is 8.83 Å². The molecule has 2 heterocycles. The van der Waals surface area contributed by atoms with E-state index in [2.05, 4.69) is 218 Å². The van der Waals surface area contributed by atoms with Gasteiger partial charge in [-0.3, -0.25) is 0 Å².